The van der Waals surface area contributed by atoms with Crippen molar-refractivity contribution in [1.82, 2.24) is 0 Å². The van der Waals surface area contributed by atoms with E-state index in [1.807, 2.05) is 12.1 Å². The Morgan fingerprint density at radius 2 is 1.84 bits per heavy atom. The van der Waals surface area contributed by atoms with Gasteiger partial charge >= 0.3 is 11.9 Å². The number of benzene rings is 1. The van der Waals surface area contributed by atoms with Crippen molar-refractivity contribution in [3.8, 4) is 5.75 Å². The first kappa shape index (κ1) is 29.6. The number of cyclic esters (lactones) is 2. The molecular weight excluding hydrogens is 548 g/mol. The second kappa shape index (κ2) is 11.7. The molecule has 2 heterocycles. The van der Waals surface area contributed by atoms with Crippen molar-refractivity contribution in [1.29, 1.82) is 0 Å². The quantitative estimate of drug-likeness (QED) is 0.288. The molecule has 0 aromatic heterocycles. The van der Waals surface area contributed by atoms with E-state index in [1.54, 1.807) is 12.1 Å². The van der Waals surface area contributed by atoms with Gasteiger partial charge in [-0.1, -0.05) is 65.0 Å². The number of fused-ring (bicyclic) bond motifs is 1. The number of ether oxygens (including phenoxy) is 2. The van der Waals surface area contributed by atoms with Crippen molar-refractivity contribution < 1.29 is 24.2 Å². The molecule has 5 aliphatic carbocycles. The van der Waals surface area contributed by atoms with E-state index in [0.29, 0.717) is 11.8 Å². The van der Waals surface area contributed by atoms with E-state index < -0.39 is 5.41 Å². The van der Waals surface area contributed by atoms with E-state index in [9.17, 15) is 14.7 Å². The molecule has 2 bridgehead atoms. The molecule has 0 radical (unpaired) electrons. The highest BCUT2D eigenvalue weighted by molar-refractivity contribution is 6.06. The first-order valence-corrected chi connectivity index (χ1v) is 17.5. The van der Waals surface area contributed by atoms with Crippen molar-refractivity contribution in [3.63, 3.8) is 0 Å². The van der Waals surface area contributed by atoms with Crippen LogP contribution in [0.3, 0.4) is 0 Å². The summed E-state index contributed by atoms with van der Waals surface area (Å²) >= 11 is 0. The number of aromatic hydroxyl groups is 1. The average Bonchev–Trinajstić information content (AvgIpc) is 3.72. The molecule has 0 amide bonds. The van der Waals surface area contributed by atoms with Crippen molar-refractivity contribution in [2.45, 2.75) is 104 Å². The van der Waals surface area contributed by atoms with Crippen LogP contribution in [0.25, 0.3) is 5.57 Å². The van der Waals surface area contributed by atoms with Gasteiger partial charge in [0, 0.05) is 17.1 Å². The Morgan fingerprint density at radius 1 is 1.02 bits per heavy atom. The summed E-state index contributed by atoms with van der Waals surface area (Å²) in [4.78, 5) is 27.9. The van der Waals surface area contributed by atoms with Crippen LogP contribution in [0.15, 0.2) is 64.7 Å². The van der Waals surface area contributed by atoms with Crippen molar-refractivity contribution in [2.24, 2.45) is 40.9 Å². The summed E-state index contributed by atoms with van der Waals surface area (Å²) in [5.74, 6) is 3.16. The maximum Gasteiger partial charge on any atom is 0.340 e. The van der Waals surface area contributed by atoms with Gasteiger partial charge in [0.25, 0.3) is 0 Å². The molecule has 234 valence electrons. The van der Waals surface area contributed by atoms with E-state index in [0.717, 1.165) is 103 Å². The predicted octanol–water partition coefficient (Wildman–Crippen LogP) is 9.19. The maximum atomic E-state index is 14.1. The van der Waals surface area contributed by atoms with E-state index in [4.69, 9.17) is 9.47 Å². The van der Waals surface area contributed by atoms with Crippen LogP contribution in [0.2, 0.25) is 0 Å². The lowest BCUT2D eigenvalue weighted by molar-refractivity contribution is -0.135. The molecule has 5 unspecified atom stereocenters. The standard InChI is InChI=1S/C39H48O5/c1-4-24(16-15-23(2)3)21-32-39-20-19-28(33(36(39)38(42)44-32)26-12-8-13-27(40)22-26)29-17-18-30-31(43-37(41)34(30)35(29)39)14-7-11-25-9-5-6-10-25/h8,12-14,21-25,28-29,35,40H,4-7,9-11,15-20H2,1-3H3. The summed E-state index contributed by atoms with van der Waals surface area (Å²) in [5.41, 5.74) is 3.87. The molecule has 5 heteroatoms. The highest BCUT2D eigenvalue weighted by atomic mass is 16.5. The SMILES string of the molecule is CCC(C=C1OC(=O)C2=C(c3cccc(O)c3)C3CCC12C1C2=C(CCC31)C(=CCCC1CCCC1)OC2=O)CCC(C)C. The van der Waals surface area contributed by atoms with Crippen LogP contribution in [0.4, 0.5) is 0 Å². The number of phenols is 1. The highest BCUT2D eigenvalue weighted by Crippen LogP contribution is 2.71. The minimum Gasteiger partial charge on any atom is -0.508 e. The monoisotopic (exact) mass is 596 g/mol. The first-order valence-electron chi connectivity index (χ1n) is 17.5. The fourth-order valence-electron chi connectivity index (χ4n) is 9.83. The normalized spacial score (nSPS) is 32.0. The molecule has 5 atom stereocenters. The van der Waals surface area contributed by atoms with Crippen LogP contribution in [-0.4, -0.2) is 17.0 Å². The van der Waals surface area contributed by atoms with Gasteiger partial charge in [-0.15, -0.1) is 0 Å². The largest absolute Gasteiger partial charge is 0.508 e. The lowest BCUT2D eigenvalue weighted by Gasteiger charge is -2.56. The summed E-state index contributed by atoms with van der Waals surface area (Å²) < 4.78 is 12.4. The molecule has 1 N–H and O–H groups in total. The summed E-state index contributed by atoms with van der Waals surface area (Å²) in [6.07, 6.45) is 18.5. The number of carbonyl (C=O) groups excluding carboxylic acids is 2. The predicted molar refractivity (Wildman–Crippen MR) is 171 cm³/mol. The topological polar surface area (TPSA) is 72.8 Å². The van der Waals surface area contributed by atoms with E-state index in [2.05, 4.69) is 32.9 Å². The Balaban J connectivity index is 1.35. The van der Waals surface area contributed by atoms with Crippen molar-refractivity contribution >= 4 is 17.5 Å². The molecule has 7 aliphatic rings. The molecule has 1 aromatic rings. The van der Waals surface area contributed by atoms with Gasteiger partial charge in [-0.05, 0) is 116 Å². The molecule has 2 saturated carbocycles. The van der Waals surface area contributed by atoms with Crippen molar-refractivity contribution in [3.05, 3.63) is 70.2 Å². The zero-order valence-electron chi connectivity index (χ0n) is 26.7. The second-order valence-corrected chi connectivity index (χ2v) is 14.8. The van der Waals surface area contributed by atoms with Gasteiger partial charge in [-0.25, -0.2) is 9.59 Å². The average molecular weight is 597 g/mol. The lowest BCUT2D eigenvalue weighted by Crippen LogP contribution is -2.52. The Bertz CT molecular complexity index is 1470. The molecule has 44 heavy (non-hydrogen) atoms. The number of rotatable bonds is 9. The van der Waals surface area contributed by atoms with E-state index in [1.165, 1.54) is 25.7 Å². The molecule has 1 spiro atoms. The van der Waals surface area contributed by atoms with Crippen LogP contribution < -0.4 is 0 Å². The minimum absolute atomic E-state index is 0.130. The third-order valence-electron chi connectivity index (χ3n) is 11.9. The molecule has 3 fully saturated rings. The summed E-state index contributed by atoms with van der Waals surface area (Å²) in [5, 5.41) is 10.5. The van der Waals surface area contributed by atoms with Gasteiger partial charge in [-0.2, -0.15) is 0 Å². The van der Waals surface area contributed by atoms with Crippen LogP contribution in [-0.2, 0) is 19.1 Å². The number of phenolic OH excluding ortho intramolecular Hbond substituents is 1. The Kier molecular flexibility index (Phi) is 7.87. The van der Waals surface area contributed by atoms with Crippen LogP contribution in [0.5, 0.6) is 5.75 Å². The number of hydrogen-bond acceptors (Lipinski definition) is 5. The van der Waals surface area contributed by atoms with Gasteiger partial charge in [0.1, 0.15) is 17.3 Å². The molecule has 1 aromatic carbocycles. The number of carbonyl (C=O) groups is 2. The van der Waals surface area contributed by atoms with Gasteiger partial charge in [0.15, 0.2) is 0 Å². The van der Waals surface area contributed by atoms with Crippen LogP contribution >= 0.6 is 0 Å². The Morgan fingerprint density at radius 3 is 2.59 bits per heavy atom. The zero-order chi connectivity index (χ0) is 30.6. The van der Waals surface area contributed by atoms with Gasteiger partial charge in [0.2, 0.25) is 0 Å². The third kappa shape index (κ3) is 4.81. The highest BCUT2D eigenvalue weighted by Gasteiger charge is 2.68. The first-order chi connectivity index (χ1) is 21.3. The fraction of sp³-hybridized carbons (Fsp3) is 0.590. The lowest BCUT2D eigenvalue weighted by atomic mass is 9.44. The van der Waals surface area contributed by atoms with Crippen LogP contribution in [0.1, 0.15) is 110 Å². The molecule has 1 saturated heterocycles. The number of esters is 2. The van der Waals surface area contributed by atoms with E-state index >= 15 is 0 Å². The van der Waals surface area contributed by atoms with Gasteiger partial charge in [0.05, 0.1) is 11.0 Å². The Hall–Kier alpha value is -3.08. The molecule has 8 rings (SSSR count). The molecule has 5 nitrogen and oxygen atoms in total. The summed E-state index contributed by atoms with van der Waals surface area (Å²) in [7, 11) is 0. The maximum absolute atomic E-state index is 14.1. The summed E-state index contributed by atoms with van der Waals surface area (Å²) in [6.45, 7) is 6.72. The number of hydrogen-bond donors (Lipinski definition) is 1. The second-order valence-electron chi connectivity index (χ2n) is 14.8. The zero-order valence-corrected chi connectivity index (χ0v) is 26.7. The number of allylic oxidation sites excluding steroid dienone is 5. The van der Waals surface area contributed by atoms with E-state index in [-0.39, 0.29) is 35.4 Å². The Labute approximate surface area is 262 Å². The van der Waals surface area contributed by atoms with Crippen molar-refractivity contribution in [2.75, 3.05) is 0 Å². The minimum atomic E-state index is -0.679. The summed E-state index contributed by atoms with van der Waals surface area (Å²) in [6, 6.07) is 7.35. The van der Waals surface area contributed by atoms with Crippen LogP contribution in [0, 0.1) is 40.9 Å². The van der Waals surface area contributed by atoms with Gasteiger partial charge < -0.3 is 14.6 Å². The fourth-order valence-corrected chi connectivity index (χ4v) is 9.83. The molecular formula is C39H48O5. The smallest absolute Gasteiger partial charge is 0.340 e. The molecule has 2 aliphatic heterocycles. The third-order valence-corrected chi connectivity index (χ3v) is 11.9. The van der Waals surface area contributed by atoms with Gasteiger partial charge in [-0.3, -0.25) is 0 Å².